The van der Waals surface area contributed by atoms with E-state index >= 15 is 0 Å². The van der Waals surface area contributed by atoms with Crippen LogP contribution in [-0.2, 0) is 4.53 Å². The summed E-state index contributed by atoms with van der Waals surface area (Å²) in [6, 6.07) is 0.605. The Morgan fingerprint density at radius 2 is 1.60 bits per heavy atom. The van der Waals surface area contributed by atoms with Crippen molar-refractivity contribution in [2.24, 2.45) is 0 Å². The number of hydroxylamine groups is 1. The van der Waals surface area contributed by atoms with E-state index in [1.165, 1.54) is 32.1 Å². The van der Waals surface area contributed by atoms with E-state index in [2.05, 4.69) is 39.3 Å². The molecule has 1 aliphatic rings. The van der Waals surface area contributed by atoms with Crippen molar-refractivity contribution in [2.75, 3.05) is 0 Å². The fourth-order valence-corrected chi connectivity index (χ4v) is 2.37. The zero-order chi connectivity index (χ0) is 11.5. The maximum atomic E-state index is 6.02. The highest BCUT2D eigenvalue weighted by Crippen LogP contribution is 2.36. The smallest absolute Gasteiger partial charge is 0.219 e. The lowest BCUT2D eigenvalue weighted by molar-refractivity contribution is 0.116. The molecular formula is C12H27NOSi. The molecule has 0 spiro atoms. The lowest BCUT2D eigenvalue weighted by Crippen LogP contribution is -2.48. The van der Waals surface area contributed by atoms with E-state index in [4.69, 9.17) is 4.53 Å². The Labute approximate surface area is 95.9 Å². The van der Waals surface area contributed by atoms with Crippen molar-refractivity contribution in [3.8, 4) is 0 Å². The lowest BCUT2D eigenvalue weighted by Gasteiger charge is -2.37. The third kappa shape index (κ3) is 3.89. The predicted molar refractivity (Wildman–Crippen MR) is 68.3 cm³/mol. The Hall–Kier alpha value is 0.137. The fourth-order valence-electron chi connectivity index (χ4n) is 1.60. The van der Waals surface area contributed by atoms with Gasteiger partial charge in [-0.3, -0.25) is 0 Å². The molecule has 0 aromatic heterocycles. The van der Waals surface area contributed by atoms with E-state index in [-0.39, 0.29) is 0 Å². The fraction of sp³-hybridized carbons (Fsp3) is 1.00. The second kappa shape index (κ2) is 4.98. The second-order valence-corrected chi connectivity index (χ2v) is 11.0. The highest BCUT2D eigenvalue weighted by molar-refractivity contribution is 6.74. The summed E-state index contributed by atoms with van der Waals surface area (Å²) in [6.07, 6.45) is 6.69. The molecule has 0 bridgehead atoms. The van der Waals surface area contributed by atoms with Crippen LogP contribution in [0.25, 0.3) is 0 Å². The zero-order valence-electron chi connectivity index (χ0n) is 11.0. The number of hydrogen-bond acceptors (Lipinski definition) is 2. The van der Waals surface area contributed by atoms with Gasteiger partial charge in [-0.1, -0.05) is 40.0 Å². The monoisotopic (exact) mass is 229 g/mol. The van der Waals surface area contributed by atoms with Crippen molar-refractivity contribution in [2.45, 2.75) is 77.0 Å². The molecule has 0 amide bonds. The summed E-state index contributed by atoms with van der Waals surface area (Å²) in [5.74, 6) is 0. The van der Waals surface area contributed by atoms with Crippen molar-refractivity contribution < 1.29 is 4.53 Å². The van der Waals surface area contributed by atoms with E-state index in [0.29, 0.717) is 11.1 Å². The van der Waals surface area contributed by atoms with Crippen molar-refractivity contribution in [1.29, 1.82) is 0 Å². The number of rotatable bonds is 3. The third-order valence-electron chi connectivity index (χ3n) is 3.89. The molecule has 1 rings (SSSR count). The SMILES string of the molecule is CC(C)(C)[Si](C)(C)ONC1CCCCC1. The minimum atomic E-state index is -1.60. The summed E-state index contributed by atoms with van der Waals surface area (Å²) >= 11 is 0. The van der Waals surface area contributed by atoms with Gasteiger partial charge in [0.1, 0.15) is 0 Å². The van der Waals surface area contributed by atoms with E-state index in [1.807, 2.05) is 0 Å². The topological polar surface area (TPSA) is 21.3 Å². The summed E-state index contributed by atoms with van der Waals surface area (Å²) in [5, 5.41) is 0.300. The number of hydrogen-bond donors (Lipinski definition) is 1. The van der Waals surface area contributed by atoms with Crippen LogP contribution >= 0.6 is 0 Å². The average molecular weight is 229 g/mol. The lowest BCUT2D eigenvalue weighted by atomic mass is 9.96. The largest absolute Gasteiger partial charge is 0.345 e. The summed E-state index contributed by atoms with van der Waals surface area (Å²) in [5.41, 5.74) is 3.33. The van der Waals surface area contributed by atoms with Crippen molar-refractivity contribution in [3.63, 3.8) is 0 Å². The van der Waals surface area contributed by atoms with Crippen LogP contribution in [0.2, 0.25) is 18.1 Å². The molecular weight excluding hydrogens is 202 g/mol. The van der Waals surface area contributed by atoms with Crippen LogP contribution in [-0.4, -0.2) is 14.4 Å². The molecule has 0 aromatic carbocycles. The molecule has 0 aromatic rings. The first kappa shape index (κ1) is 13.2. The molecule has 15 heavy (non-hydrogen) atoms. The molecule has 0 unspecified atom stereocenters. The van der Waals surface area contributed by atoms with Crippen molar-refractivity contribution >= 4 is 8.32 Å². The predicted octanol–water partition coefficient (Wildman–Crippen LogP) is 3.85. The van der Waals surface area contributed by atoms with Gasteiger partial charge in [-0.05, 0) is 31.0 Å². The maximum absolute atomic E-state index is 6.02. The molecule has 0 radical (unpaired) electrons. The Morgan fingerprint density at radius 3 is 2.07 bits per heavy atom. The standard InChI is InChI=1S/C12H27NOSi/c1-12(2,3)15(4,5)14-13-11-9-7-6-8-10-11/h11,13H,6-10H2,1-5H3. The highest BCUT2D eigenvalue weighted by Gasteiger charge is 2.38. The van der Waals surface area contributed by atoms with Gasteiger partial charge in [0, 0.05) is 6.04 Å². The molecule has 1 saturated carbocycles. The quantitative estimate of drug-likeness (QED) is 0.586. The molecule has 90 valence electrons. The maximum Gasteiger partial charge on any atom is 0.219 e. The average Bonchev–Trinajstić information content (AvgIpc) is 2.15. The van der Waals surface area contributed by atoms with E-state index < -0.39 is 8.32 Å². The van der Waals surface area contributed by atoms with Gasteiger partial charge >= 0.3 is 0 Å². The summed E-state index contributed by atoms with van der Waals surface area (Å²) in [7, 11) is -1.60. The Balaban J connectivity index is 2.35. The van der Waals surface area contributed by atoms with Gasteiger partial charge in [-0.15, -0.1) is 0 Å². The van der Waals surface area contributed by atoms with Crippen LogP contribution in [0, 0.1) is 0 Å². The van der Waals surface area contributed by atoms with Gasteiger partial charge in [0.05, 0.1) is 0 Å². The third-order valence-corrected chi connectivity index (χ3v) is 8.13. The second-order valence-electron chi connectivity index (χ2n) is 6.32. The van der Waals surface area contributed by atoms with E-state index in [9.17, 15) is 0 Å². The Morgan fingerprint density at radius 1 is 1.07 bits per heavy atom. The molecule has 0 atom stereocenters. The molecule has 1 N–H and O–H groups in total. The molecule has 1 fully saturated rings. The van der Waals surface area contributed by atoms with E-state index in [0.717, 1.165) is 0 Å². The first-order chi connectivity index (χ1) is 6.83. The van der Waals surface area contributed by atoms with Crippen LogP contribution < -0.4 is 5.48 Å². The highest BCUT2D eigenvalue weighted by atomic mass is 28.4. The molecule has 2 nitrogen and oxygen atoms in total. The summed E-state index contributed by atoms with van der Waals surface area (Å²) < 4.78 is 6.02. The first-order valence-electron chi connectivity index (χ1n) is 6.26. The van der Waals surface area contributed by atoms with Gasteiger partial charge < -0.3 is 4.53 Å². The molecule has 0 saturated heterocycles. The first-order valence-corrected chi connectivity index (χ1v) is 9.17. The van der Waals surface area contributed by atoms with Crippen LogP contribution in [0.1, 0.15) is 52.9 Å². The van der Waals surface area contributed by atoms with Gasteiger partial charge in [-0.2, -0.15) is 0 Å². The summed E-state index contributed by atoms with van der Waals surface area (Å²) in [4.78, 5) is 0. The molecule has 1 aliphatic carbocycles. The zero-order valence-corrected chi connectivity index (χ0v) is 12.0. The van der Waals surface area contributed by atoms with Crippen LogP contribution in [0.3, 0.4) is 0 Å². The molecule has 0 aliphatic heterocycles. The summed E-state index contributed by atoms with van der Waals surface area (Å²) in [6.45, 7) is 11.4. The van der Waals surface area contributed by atoms with E-state index in [1.54, 1.807) is 0 Å². The molecule has 3 heteroatoms. The van der Waals surface area contributed by atoms with Crippen LogP contribution in [0.4, 0.5) is 0 Å². The normalized spacial score (nSPS) is 20.6. The van der Waals surface area contributed by atoms with Gasteiger partial charge in [0.2, 0.25) is 8.32 Å². The number of nitrogens with one attached hydrogen (secondary N) is 1. The Bertz CT molecular complexity index is 192. The van der Waals surface area contributed by atoms with Crippen LogP contribution in [0.5, 0.6) is 0 Å². The minimum Gasteiger partial charge on any atom is -0.345 e. The minimum absolute atomic E-state index is 0.300. The van der Waals surface area contributed by atoms with Gasteiger partial charge in [0.25, 0.3) is 0 Å². The molecule has 0 heterocycles. The van der Waals surface area contributed by atoms with Crippen molar-refractivity contribution in [3.05, 3.63) is 0 Å². The van der Waals surface area contributed by atoms with Crippen molar-refractivity contribution in [1.82, 2.24) is 5.48 Å². The van der Waals surface area contributed by atoms with Gasteiger partial charge in [-0.25, -0.2) is 5.48 Å². The Kier molecular flexibility index (Phi) is 4.38. The van der Waals surface area contributed by atoms with Crippen LogP contribution in [0.15, 0.2) is 0 Å². The van der Waals surface area contributed by atoms with Gasteiger partial charge in [0.15, 0.2) is 0 Å².